The Kier molecular flexibility index (Phi) is 4.92. The summed E-state index contributed by atoms with van der Waals surface area (Å²) in [5.41, 5.74) is 1.26. The number of hydrogen-bond donors (Lipinski definition) is 5. The highest BCUT2D eigenvalue weighted by Gasteiger charge is 2.44. The summed E-state index contributed by atoms with van der Waals surface area (Å²) in [5, 5.41) is 40.9. The lowest BCUT2D eigenvalue weighted by atomic mass is 9.96. The number of aliphatic hydroxyl groups excluding tert-OH is 4. The fourth-order valence-electron chi connectivity index (χ4n) is 2.27. The smallest absolute Gasteiger partial charge is 0.251 e. The molecule has 1 fully saturated rings. The van der Waals surface area contributed by atoms with Crippen LogP contribution in [0.15, 0.2) is 24.3 Å². The minimum atomic E-state index is -1.52. The fraction of sp³-hybridized carbons (Fsp3) is 0.500. The highest BCUT2D eigenvalue weighted by Crippen LogP contribution is 2.20. The van der Waals surface area contributed by atoms with Crippen molar-refractivity contribution in [2.75, 3.05) is 6.61 Å². The standard InChI is InChI=1S/C14H19NO6/c1-7-3-2-4-8(5-7)13(19)15-10-12(18)11(17)9(6-16)21-14(10)20/h2-5,9-12,14,16-18,20H,6H2,1H3,(H,15,19)/t9-,10-,11-,12-,14+/m1/s1. The summed E-state index contributed by atoms with van der Waals surface area (Å²) in [6.07, 6.45) is -5.46. The second-order valence-corrected chi connectivity index (χ2v) is 5.10. The molecule has 7 heteroatoms. The molecule has 2 rings (SSSR count). The van der Waals surface area contributed by atoms with Gasteiger partial charge in [0.1, 0.15) is 24.4 Å². The first-order valence-electron chi connectivity index (χ1n) is 6.62. The molecule has 5 atom stereocenters. The Labute approximate surface area is 121 Å². The summed E-state index contributed by atoms with van der Waals surface area (Å²) in [5.74, 6) is -0.500. The van der Waals surface area contributed by atoms with E-state index in [0.717, 1.165) is 5.56 Å². The van der Waals surface area contributed by atoms with Crippen molar-refractivity contribution in [3.05, 3.63) is 35.4 Å². The second kappa shape index (κ2) is 6.50. The first-order chi connectivity index (χ1) is 9.93. The van der Waals surface area contributed by atoms with Crippen molar-refractivity contribution in [3.63, 3.8) is 0 Å². The number of aryl methyl sites for hydroxylation is 1. The van der Waals surface area contributed by atoms with Crippen LogP contribution in [0.25, 0.3) is 0 Å². The van der Waals surface area contributed by atoms with Crippen molar-refractivity contribution >= 4 is 5.91 Å². The zero-order valence-corrected chi connectivity index (χ0v) is 11.5. The molecule has 1 aromatic rings. The van der Waals surface area contributed by atoms with Gasteiger partial charge < -0.3 is 30.5 Å². The molecule has 7 nitrogen and oxygen atoms in total. The van der Waals surface area contributed by atoms with Crippen LogP contribution in [-0.2, 0) is 4.74 Å². The van der Waals surface area contributed by atoms with Crippen molar-refractivity contribution < 1.29 is 30.0 Å². The number of benzene rings is 1. The number of rotatable bonds is 3. The Bertz CT molecular complexity index is 508. The van der Waals surface area contributed by atoms with Gasteiger partial charge in [-0.3, -0.25) is 4.79 Å². The molecule has 1 saturated heterocycles. The van der Waals surface area contributed by atoms with Crippen LogP contribution in [0, 0.1) is 6.92 Å². The van der Waals surface area contributed by atoms with Gasteiger partial charge in [0.05, 0.1) is 6.61 Å². The van der Waals surface area contributed by atoms with Gasteiger partial charge in [0, 0.05) is 5.56 Å². The molecule has 1 heterocycles. The molecule has 0 bridgehead atoms. The molecule has 1 aliphatic rings. The maximum absolute atomic E-state index is 12.1. The average molecular weight is 297 g/mol. The van der Waals surface area contributed by atoms with Gasteiger partial charge in [-0.1, -0.05) is 17.7 Å². The van der Waals surface area contributed by atoms with Crippen molar-refractivity contribution in [1.29, 1.82) is 0 Å². The van der Waals surface area contributed by atoms with Gasteiger partial charge in [-0.05, 0) is 19.1 Å². The van der Waals surface area contributed by atoms with Crippen molar-refractivity contribution in [1.82, 2.24) is 5.32 Å². The second-order valence-electron chi connectivity index (χ2n) is 5.10. The van der Waals surface area contributed by atoms with Crippen LogP contribution in [0.1, 0.15) is 15.9 Å². The summed E-state index contributed by atoms with van der Waals surface area (Å²) in [6, 6.07) is 5.61. The predicted octanol–water partition coefficient (Wildman–Crippen LogP) is -1.48. The lowest BCUT2D eigenvalue weighted by Gasteiger charge is -2.40. The van der Waals surface area contributed by atoms with Crippen LogP contribution in [-0.4, -0.2) is 63.6 Å². The molecule has 21 heavy (non-hydrogen) atoms. The van der Waals surface area contributed by atoms with Crippen LogP contribution in [0.3, 0.4) is 0 Å². The molecule has 0 saturated carbocycles. The van der Waals surface area contributed by atoms with E-state index in [1.165, 1.54) is 0 Å². The van der Waals surface area contributed by atoms with Gasteiger partial charge in [0.2, 0.25) is 0 Å². The van der Waals surface area contributed by atoms with E-state index in [0.29, 0.717) is 5.56 Å². The summed E-state index contributed by atoms with van der Waals surface area (Å²) >= 11 is 0. The highest BCUT2D eigenvalue weighted by atomic mass is 16.6. The molecule has 0 aliphatic carbocycles. The molecule has 1 amide bonds. The molecular formula is C14H19NO6. The highest BCUT2D eigenvalue weighted by molar-refractivity contribution is 5.94. The molecule has 116 valence electrons. The lowest BCUT2D eigenvalue weighted by Crippen LogP contribution is -2.64. The van der Waals surface area contributed by atoms with E-state index >= 15 is 0 Å². The third-order valence-corrected chi connectivity index (χ3v) is 3.48. The number of amides is 1. The van der Waals surface area contributed by atoms with Crippen LogP contribution in [0.5, 0.6) is 0 Å². The SMILES string of the molecule is Cc1cccc(C(=O)N[C@@H]2[C@@H](O)[C@H](O)[C@@H](CO)O[C@@H]2O)c1. The Morgan fingerprint density at radius 3 is 2.62 bits per heavy atom. The summed E-state index contributed by atoms with van der Waals surface area (Å²) in [4.78, 5) is 12.1. The van der Waals surface area contributed by atoms with Gasteiger partial charge >= 0.3 is 0 Å². The van der Waals surface area contributed by atoms with Crippen molar-refractivity contribution in [3.8, 4) is 0 Å². The number of hydrogen-bond acceptors (Lipinski definition) is 6. The van der Waals surface area contributed by atoms with E-state index in [9.17, 15) is 20.1 Å². The average Bonchev–Trinajstić information content (AvgIpc) is 2.47. The number of carbonyl (C=O) groups excluding carboxylic acids is 1. The molecule has 1 aromatic carbocycles. The number of ether oxygens (including phenoxy) is 1. The van der Waals surface area contributed by atoms with Crippen LogP contribution < -0.4 is 5.32 Å². The van der Waals surface area contributed by atoms with Gasteiger partial charge in [-0.2, -0.15) is 0 Å². The Balaban J connectivity index is 2.09. The Morgan fingerprint density at radius 2 is 2.00 bits per heavy atom. The van der Waals surface area contributed by atoms with E-state index in [2.05, 4.69) is 5.32 Å². The van der Waals surface area contributed by atoms with Crippen molar-refractivity contribution in [2.45, 2.75) is 37.6 Å². The minimum absolute atomic E-state index is 0.369. The third-order valence-electron chi connectivity index (χ3n) is 3.48. The topological polar surface area (TPSA) is 119 Å². The van der Waals surface area contributed by atoms with E-state index < -0.39 is 43.2 Å². The molecule has 5 N–H and O–H groups in total. The van der Waals surface area contributed by atoms with Gasteiger partial charge in [-0.25, -0.2) is 0 Å². The largest absolute Gasteiger partial charge is 0.394 e. The Morgan fingerprint density at radius 1 is 1.29 bits per heavy atom. The van der Waals surface area contributed by atoms with Gasteiger partial charge in [-0.15, -0.1) is 0 Å². The van der Waals surface area contributed by atoms with Crippen LogP contribution >= 0.6 is 0 Å². The normalized spacial score (nSPS) is 32.7. The van der Waals surface area contributed by atoms with Gasteiger partial charge in [0.15, 0.2) is 6.29 Å². The van der Waals surface area contributed by atoms with E-state index in [1.54, 1.807) is 18.2 Å². The van der Waals surface area contributed by atoms with E-state index in [-0.39, 0.29) is 0 Å². The quantitative estimate of drug-likeness (QED) is 0.464. The zero-order chi connectivity index (χ0) is 15.6. The molecule has 1 aliphatic heterocycles. The molecule has 0 aromatic heterocycles. The summed E-state index contributed by atoms with van der Waals surface area (Å²) in [6.45, 7) is 1.29. The first-order valence-corrected chi connectivity index (χ1v) is 6.62. The van der Waals surface area contributed by atoms with Crippen molar-refractivity contribution in [2.24, 2.45) is 0 Å². The lowest BCUT2D eigenvalue weighted by molar-refractivity contribution is -0.252. The van der Waals surface area contributed by atoms with Gasteiger partial charge in [0.25, 0.3) is 5.91 Å². The maximum Gasteiger partial charge on any atom is 0.251 e. The number of nitrogens with one attached hydrogen (secondary N) is 1. The zero-order valence-electron chi connectivity index (χ0n) is 11.5. The molecular weight excluding hydrogens is 278 g/mol. The maximum atomic E-state index is 12.1. The molecule has 0 radical (unpaired) electrons. The predicted molar refractivity (Wildman–Crippen MR) is 72.4 cm³/mol. The third kappa shape index (κ3) is 3.39. The molecule has 0 spiro atoms. The Hall–Kier alpha value is -1.51. The van der Waals surface area contributed by atoms with Crippen LogP contribution in [0.2, 0.25) is 0 Å². The minimum Gasteiger partial charge on any atom is -0.394 e. The monoisotopic (exact) mass is 297 g/mol. The number of carbonyl (C=O) groups is 1. The van der Waals surface area contributed by atoms with Crippen LogP contribution in [0.4, 0.5) is 0 Å². The first kappa shape index (κ1) is 15.9. The summed E-state index contributed by atoms with van der Waals surface area (Å²) in [7, 11) is 0. The summed E-state index contributed by atoms with van der Waals surface area (Å²) < 4.78 is 4.97. The number of aliphatic hydroxyl groups is 4. The molecule has 0 unspecified atom stereocenters. The van der Waals surface area contributed by atoms with E-state index in [4.69, 9.17) is 9.84 Å². The fourth-order valence-corrected chi connectivity index (χ4v) is 2.27. The van der Waals surface area contributed by atoms with E-state index in [1.807, 2.05) is 13.0 Å².